The summed E-state index contributed by atoms with van der Waals surface area (Å²) in [6, 6.07) is 13.1. The molecular formula is C20H20FN3O3S2. The van der Waals surface area contributed by atoms with Crippen LogP contribution in [0, 0.1) is 17.1 Å². The molecule has 1 heterocycles. The first-order chi connectivity index (χ1) is 13.9. The topological polar surface area (TPSA) is 90.3 Å². The molecule has 1 N–H and O–H groups in total. The molecule has 29 heavy (non-hydrogen) atoms. The maximum absolute atomic E-state index is 13.2. The van der Waals surface area contributed by atoms with E-state index in [1.807, 2.05) is 12.1 Å². The van der Waals surface area contributed by atoms with E-state index in [1.165, 1.54) is 28.2 Å². The van der Waals surface area contributed by atoms with E-state index >= 15 is 0 Å². The molecule has 152 valence electrons. The van der Waals surface area contributed by atoms with Crippen molar-refractivity contribution in [2.45, 2.75) is 35.1 Å². The number of thioether (sulfide) groups is 1. The van der Waals surface area contributed by atoms with Gasteiger partial charge in [-0.3, -0.25) is 4.79 Å². The number of nitrogens with one attached hydrogen (secondary N) is 1. The number of sulfonamides is 1. The Morgan fingerprint density at radius 3 is 2.69 bits per heavy atom. The molecule has 0 aliphatic carbocycles. The molecule has 1 aliphatic heterocycles. The maximum Gasteiger partial charge on any atom is 0.243 e. The number of rotatable bonds is 7. The van der Waals surface area contributed by atoms with Crippen molar-refractivity contribution < 1.29 is 17.6 Å². The van der Waals surface area contributed by atoms with Gasteiger partial charge in [0, 0.05) is 23.6 Å². The number of nitriles is 1. The summed E-state index contributed by atoms with van der Waals surface area (Å²) in [5.74, 6) is -0.329. The first-order valence-electron chi connectivity index (χ1n) is 9.10. The third kappa shape index (κ3) is 4.96. The fraction of sp³-hybridized carbons (Fsp3) is 0.300. The number of para-hydroxylation sites is 1. The predicted octanol–water partition coefficient (Wildman–Crippen LogP) is 3.62. The highest BCUT2D eigenvalue weighted by molar-refractivity contribution is 7.99. The van der Waals surface area contributed by atoms with Crippen LogP contribution in [-0.4, -0.2) is 37.0 Å². The fourth-order valence-corrected chi connectivity index (χ4v) is 5.67. The Morgan fingerprint density at radius 2 is 1.97 bits per heavy atom. The van der Waals surface area contributed by atoms with E-state index in [9.17, 15) is 17.6 Å². The van der Waals surface area contributed by atoms with Crippen molar-refractivity contribution in [2.24, 2.45) is 0 Å². The molecule has 1 atom stereocenters. The van der Waals surface area contributed by atoms with Crippen LogP contribution >= 0.6 is 11.8 Å². The van der Waals surface area contributed by atoms with Crippen molar-refractivity contribution in [3.05, 3.63) is 54.3 Å². The van der Waals surface area contributed by atoms with Gasteiger partial charge in [0.05, 0.1) is 16.7 Å². The SMILES string of the molecule is N#CCCSc1ccccc1NC(=O)[C@@H]1CCCN1S(=O)(=O)c1ccc(F)cc1. The van der Waals surface area contributed by atoms with Crippen LogP contribution in [0.5, 0.6) is 0 Å². The highest BCUT2D eigenvalue weighted by Crippen LogP contribution is 2.30. The maximum atomic E-state index is 13.2. The summed E-state index contributed by atoms with van der Waals surface area (Å²) in [5, 5.41) is 11.5. The molecule has 6 nitrogen and oxygen atoms in total. The van der Waals surface area contributed by atoms with E-state index in [0.717, 1.165) is 17.0 Å². The van der Waals surface area contributed by atoms with Crippen LogP contribution < -0.4 is 5.32 Å². The molecule has 1 amide bonds. The second-order valence-electron chi connectivity index (χ2n) is 6.47. The lowest BCUT2D eigenvalue weighted by molar-refractivity contribution is -0.119. The number of hydrogen-bond acceptors (Lipinski definition) is 5. The standard InChI is InChI=1S/C20H20FN3O3S2/c21-15-8-10-16(11-9-15)29(26,27)24-13-3-6-18(24)20(25)23-17-5-1-2-7-19(17)28-14-4-12-22/h1-2,5,7-11,18H,3-4,6,13-14H2,(H,23,25)/t18-/m0/s1. The zero-order valence-electron chi connectivity index (χ0n) is 15.5. The van der Waals surface area contributed by atoms with E-state index in [4.69, 9.17) is 5.26 Å². The minimum Gasteiger partial charge on any atom is -0.324 e. The molecule has 9 heteroatoms. The summed E-state index contributed by atoms with van der Waals surface area (Å²) >= 11 is 1.46. The number of carbonyl (C=O) groups is 1. The molecule has 0 unspecified atom stereocenters. The number of halogens is 1. The van der Waals surface area contributed by atoms with Gasteiger partial charge in [-0.2, -0.15) is 9.57 Å². The Bertz CT molecular complexity index is 1020. The first kappa shape index (κ1) is 21.3. The third-order valence-corrected chi connectivity index (χ3v) is 7.54. The Kier molecular flexibility index (Phi) is 6.90. The van der Waals surface area contributed by atoms with Crippen LogP contribution in [0.4, 0.5) is 10.1 Å². The van der Waals surface area contributed by atoms with Crippen LogP contribution in [0.25, 0.3) is 0 Å². The van der Waals surface area contributed by atoms with Crippen molar-refractivity contribution in [2.75, 3.05) is 17.6 Å². The van der Waals surface area contributed by atoms with Gasteiger partial charge in [0.1, 0.15) is 11.9 Å². The van der Waals surface area contributed by atoms with Gasteiger partial charge >= 0.3 is 0 Å². The molecule has 0 saturated carbocycles. The molecule has 0 spiro atoms. The Balaban J connectivity index is 1.77. The fourth-order valence-electron chi connectivity index (χ4n) is 3.15. The largest absolute Gasteiger partial charge is 0.324 e. The molecule has 1 aliphatic rings. The number of benzene rings is 2. The van der Waals surface area contributed by atoms with Crippen LogP contribution in [0.2, 0.25) is 0 Å². The minimum absolute atomic E-state index is 0.0361. The van der Waals surface area contributed by atoms with E-state index in [-0.39, 0.29) is 11.4 Å². The average molecular weight is 434 g/mol. The van der Waals surface area contributed by atoms with Crippen molar-refractivity contribution in [1.29, 1.82) is 5.26 Å². The number of hydrogen-bond donors (Lipinski definition) is 1. The normalized spacial score (nSPS) is 17.0. The van der Waals surface area contributed by atoms with Crippen LogP contribution in [-0.2, 0) is 14.8 Å². The van der Waals surface area contributed by atoms with Crippen molar-refractivity contribution in [3.8, 4) is 6.07 Å². The minimum atomic E-state index is -3.91. The lowest BCUT2D eigenvalue weighted by Crippen LogP contribution is -2.43. The Labute approximate surface area is 173 Å². The summed E-state index contributed by atoms with van der Waals surface area (Å²) in [4.78, 5) is 13.7. The van der Waals surface area contributed by atoms with Gasteiger partial charge in [0.2, 0.25) is 15.9 Å². The third-order valence-electron chi connectivity index (χ3n) is 4.54. The monoisotopic (exact) mass is 433 g/mol. The molecule has 0 radical (unpaired) electrons. The smallest absolute Gasteiger partial charge is 0.243 e. The van der Waals surface area contributed by atoms with Crippen molar-refractivity contribution in [3.63, 3.8) is 0 Å². The lowest BCUT2D eigenvalue weighted by atomic mass is 10.2. The summed E-state index contributed by atoms with van der Waals surface area (Å²) in [7, 11) is -3.91. The highest BCUT2D eigenvalue weighted by Gasteiger charge is 2.39. The van der Waals surface area contributed by atoms with Gasteiger partial charge in [0.25, 0.3) is 0 Å². The summed E-state index contributed by atoms with van der Waals surface area (Å²) in [6.45, 7) is 0.233. The number of anilines is 1. The summed E-state index contributed by atoms with van der Waals surface area (Å²) in [6.07, 6.45) is 1.37. The molecule has 0 bridgehead atoms. The van der Waals surface area contributed by atoms with Crippen molar-refractivity contribution >= 4 is 33.4 Å². The first-order valence-corrected chi connectivity index (χ1v) is 11.5. The molecule has 0 aromatic heterocycles. The van der Waals surface area contributed by atoms with Gasteiger partial charge < -0.3 is 5.32 Å². The quantitative estimate of drug-likeness (QED) is 0.532. The highest BCUT2D eigenvalue weighted by atomic mass is 32.2. The lowest BCUT2D eigenvalue weighted by Gasteiger charge is -2.24. The molecule has 1 saturated heterocycles. The van der Waals surface area contributed by atoms with Crippen LogP contribution in [0.15, 0.2) is 58.3 Å². The van der Waals surface area contributed by atoms with Gasteiger partial charge in [-0.05, 0) is 49.2 Å². The Morgan fingerprint density at radius 1 is 1.24 bits per heavy atom. The predicted molar refractivity (Wildman–Crippen MR) is 109 cm³/mol. The summed E-state index contributed by atoms with van der Waals surface area (Å²) in [5.41, 5.74) is 0.589. The van der Waals surface area contributed by atoms with Crippen molar-refractivity contribution in [1.82, 2.24) is 4.31 Å². The second kappa shape index (κ2) is 9.39. The van der Waals surface area contributed by atoms with Gasteiger partial charge in [-0.25, -0.2) is 12.8 Å². The molecule has 1 fully saturated rings. The molecule has 2 aromatic rings. The zero-order valence-corrected chi connectivity index (χ0v) is 17.2. The molecule has 2 aromatic carbocycles. The van der Waals surface area contributed by atoms with E-state index in [2.05, 4.69) is 11.4 Å². The Hall–Kier alpha value is -2.41. The van der Waals surface area contributed by atoms with Crippen LogP contribution in [0.3, 0.4) is 0 Å². The van der Waals surface area contributed by atoms with Gasteiger partial charge in [-0.1, -0.05) is 12.1 Å². The second-order valence-corrected chi connectivity index (χ2v) is 9.50. The molecule has 3 rings (SSSR count). The van der Waals surface area contributed by atoms with E-state index in [1.54, 1.807) is 12.1 Å². The molecular weight excluding hydrogens is 413 g/mol. The summed E-state index contributed by atoms with van der Waals surface area (Å²) < 4.78 is 40.2. The number of nitrogens with zero attached hydrogens (tertiary/aromatic N) is 2. The van der Waals surface area contributed by atoms with E-state index < -0.39 is 27.8 Å². The average Bonchev–Trinajstić information content (AvgIpc) is 3.21. The van der Waals surface area contributed by atoms with Gasteiger partial charge in [0.15, 0.2) is 0 Å². The van der Waals surface area contributed by atoms with Crippen LogP contribution in [0.1, 0.15) is 19.3 Å². The zero-order chi connectivity index (χ0) is 20.9. The van der Waals surface area contributed by atoms with E-state index in [0.29, 0.717) is 30.7 Å². The number of amides is 1. The van der Waals surface area contributed by atoms with Gasteiger partial charge in [-0.15, -0.1) is 11.8 Å². The number of carbonyl (C=O) groups excluding carboxylic acids is 1.